The van der Waals surface area contributed by atoms with Crippen LogP contribution in [-0.4, -0.2) is 0 Å². The molecule has 0 aliphatic carbocycles. The minimum atomic E-state index is -0.464. The Morgan fingerprint density at radius 3 is 1.51 bits per heavy atom. The summed E-state index contributed by atoms with van der Waals surface area (Å²) < 4.78 is 97.0. The standard InChI is InChI=1S/C44H28O/c1-3-13-29(14-4-1)30-23-25-32(26-24-30)42-34-17-7-9-19-36(34)43(37-20-10-8-18-35(37)42)33-27-39(31-15-5-2-6-16-31)44-38-21-11-12-22-40(38)45-41(44)28-33/h1-28H/i11D,12D,21D,22D,23D,24D,25D,26D,27D,28D. The Morgan fingerprint density at radius 2 is 0.889 bits per heavy atom. The van der Waals surface area contributed by atoms with Crippen LogP contribution in [0.5, 0.6) is 0 Å². The molecule has 0 aliphatic rings. The quantitative estimate of drug-likeness (QED) is 0.188. The molecule has 1 nitrogen and oxygen atoms in total. The molecule has 45 heavy (non-hydrogen) atoms. The predicted octanol–water partition coefficient (Wildman–Crippen LogP) is 12.6. The van der Waals surface area contributed by atoms with Gasteiger partial charge in [0.15, 0.2) is 0 Å². The summed E-state index contributed by atoms with van der Waals surface area (Å²) in [6.07, 6.45) is 0. The average molecular weight is 583 g/mol. The zero-order valence-corrected chi connectivity index (χ0v) is 23.8. The SMILES string of the molecule is [2H]c1c([2H])c(-c2c3ccccc3c(-c3c([2H])c(-c4ccccc4)c4c(oc5c([2H])c([2H])c([2H])c([2H])c54)c3[2H])c3ccccc23)c([2H])c([2H])c1-c1ccccc1. The molecule has 0 amide bonds. The van der Waals surface area contributed by atoms with Gasteiger partial charge in [0.05, 0.1) is 13.7 Å². The maximum Gasteiger partial charge on any atom is 0.136 e. The van der Waals surface area contributed by atoms with Crippen LogP contribution in [-0.2, 0) is 0 Å². The highest BCUT2D eigenvalue weighted by Crippen LogP contribution is 2.46. The molecule has 0 bridgehead atoms. The summed E-state index contributed by atoms with van der Waals surface area (Å²) in [6, 6.07) is 30.1. The number of fused-ring (bicyclic) bond motifs is 5. The second-order valence-electron chi connectivity index (χ2n) is 10.8. The molecule has 0 radical (unpaired) electrons. The molecule has 1 heterocycles. The predicted molar refractivity (Wildman–Crippen MR) is 190 cm³/mol. The van der Waals surface area contributed by atoms with Crippen molar-refractivity contribution < 1.29 is 18.1 Å². The first-order valence-electron chi connectivity index (χ1n) is 19.6. The molecule has 9 rings (SSSR count). The maximum atomic E-state index is 9.91. The zero-order chi connectivity index (χ0) is 38.4. The molecule has 0 aliphatic heterocycles. The van der Waals surface area contributed by atoms with E-state index in [2.05, 4.69) is 0 Å². The molecule has 8 aromatic carbocycles. The lowest BCUT2D eigenvalue weighted by atomic mass is 9.84. The van der Waals surface area contributed by atoms with Crippen molar-refractivity contribution in [3.05, 3.63) is 170 Å². The lowest BCUT2D eigenvalue weighted by Gasteiger charge is -2.18. The van der Waals surface area contributed by atoms with Crippen LogP contribution in [0.15, 0.2) is 174 Å². The van der Waals surface area contributed by atoms with Gasteiger partial charge in [-0.3, -0.25) is 0 Å². The molecule has 0 N–H and O–H groups in total. The van der Waals surface area contributed by atoms with E-state index in [0.29, 0.717) is 49.4 Å². The summed E-state index contributed by atoms with van der Waals surface area (Å²) in [7, 11) is 0. The Balaban J connectivity index is 1.46. The topological polar surface area (TPSA) is 13.1 Å². The fourth-order valence-corrected chi connectivity index (χ4v) is 6.28. The minimum absolute atomic E-state index is 0.0141. The summed E-state index contributed by atoms with van der Waals surface area (Å²) in [6.45, 7) is 0. The van der Waals surface area contributed by atoms with E-state index in [9.17, 15) is 5.48 Å². The van der Waals surface area contributed by atoms with Crippen LogP contribution < -0.4 is 0 Å². The van der Waals surface area contributed by atoms with Crippen LogP contribution in [0.1, 0.15) is 13.7 Å². The third-order valence-corrected chi connectivity index (χ3v) is 8.25. The van der Waals surface area contributed by atoms with E-state index in [1.807, 2.05) is 84.9 Å². The maximum absolute atomic E-state index is 9.91. The van der Waals surface area contributed by atoms with Gasteiger partial charge in [0.1, 0.15) is 11.2 Å². The Labute approximate surface area is 275 Å². The van der Waals surface area contributed by atoms with E-state index < -0.39 is 12.1 Å². The number of furan rings is 1. The third kappa shape index (κ3) is 4.17. The van der Waals surface area contributed by atoms with Crippen LogP contribution >= 0.6 is 0 Å². The van der Waals surface area contributed by atoms with Crippen LogP contribution in [0.3, 0.4) is 0 Å². The van der Waals surface area contributed by atoms with Gasteiger partial charge in [-0.05, 0) is 84.2 Å². The lowest BCUT2D eigenvalue weighted by molar-refractivity contribution is 0.669. The Hall–Kier alpha value is -5.92. The molecule has 0 unspecified atom stereocenters. The van der Waals surface area contributed by atoms with Crippen molar-refractivity contribution >= 4 is 43.5 Å². The van der Waals surface area contributed by atoms with E-state index in [4.69, 9.17) is 12.6 Å². The van der Waals surface area contributed by atoms with Crippen LogP contribution in [0.2, 0.25) is 0 Å². The van der Waals surface area contributed by atoms with Crippen molar-refractivity contribution in [2.45, 2.75) is 0 Å². The van der Waals surface area contributed by atoms with Crippen LogP contribution in [0.25, 0.3) is 88.0 Å². The normalized spacial score (nSPS) is 14.7. The van der Waals surface area contributed by atoms with Gasteiger partial charge in [0.2, 0.25) is 0 Å². The number of rotatable bonds is 4. The fraction of sp³-hybridized carbons (Fsp3) is 0. The molecule has 0 spiro atoms. The molecule has 0 saturated carbocycles. The molecule has 1 aromatic heterocycles. The number of hydrogen-bond acceptors (Lipinski definition) is 1. The van der Waals surface area contributed by atoms with E-state index in [-0.39, 0.29) is 87.0 Å². The zero-order valence-electron chi connectivity index (χ0n) is 33.8. The van der Waals surface area contributed by atoms with Crippen molar-refractivity contribution in [3.63, 3.8) is 0 Å². The fourth-order valence-electron chi connectivity index (χ4n) is 6.28. The summed E-state index contributed by atoms with van der Waals surface area (Å²) in [5.74, 6) is 0. The first-order chi connectivity index (χ1) is 26.5. The average Bonchev–Trinajstić information content (AvgIpc) is 3.61. The Bertz CT molecular complexity index is 3000. The monoisotopic (exact) mass is 582 g/mol. The minimum Gasteiger partial charge on any atom is -0.456 e. The van der Waals surface area contributed by atoms with Crippen molar-refractivity contribution in [1.29, 1.82) is 0 Å². The van der Waals surface area contributed by atoms with Crippen molar-refractivity contribution in [1.82, 2.24) is 0 Å². The summed E-state index contributed by atoms with van der Waals surface area (Å²) in [5.41, 5.74) is 2.98. The number of para-hydroxylation sites is 1. The largest absolute Gasteiger partial charge is 0.456 e. The smallest absolute Gasteiger partial charge is 0.136 e. The van der Waals surface area contributed by atoms with Crippen molar-refractivity contribution in [3.8, 4) is 44.5 Å². The Morgan fingerprint density at radius 1 is 0.378 bits per heavy atom. The molecule has 210 valence electrons. The van der Waals surface area contributed by atoms with Gasteiger partial charge in [-0.2, -0.15) is 0 Å². The molecule has 1 heteroatoms. The van der Waals surface area contributed by atoms with E-state index in [1.165, 1.54) is 0 Å². The highest BCUT2D eigenvalue weighted by atomic mass is 16.3. The van der Waals surface area contributed by atoms with Crippen LogP contribution in [0, 0.1) is 0 Å². The second kappa shape index (κ2) is 10.4. The van der Waals surface area contributed by atoms with Gasteiger partial charge >= 0.3 is 0 Å². The summed E-state index contributed by atoms with van der Waals surface area (Å²) in [4.78, 5) is 0. The first-order valence-corrected chi connectivity index (χ1v) is 14.6. The van der Waals surface area contributed by atoms with Crippen molar-refractivity contribution in [2.75, 3.05) is 0 Å². The molecular formula is C44H28O. The molecule has 0 fully saturated rings. The van der Waals surface area contributed by atoms with Gasteiger partial charge in [-0.15, -0.1) is 0 Å². The second-order valence-corrected chi connectivity index (χ2v) is 10.8. The van der Waals surface area contributed by atoms with Gasteiger partial charge < -0.3 is 4.42 Å². The third-order valence-electron chi connectivity index (χ3n) is 8.25. The summed E-state index contributed by atoms with van der Waals surface area (Å²) in [5, 5.41) is 2.73. The number of hydrogen-bond donors (Lipinski definition) is 0. The molecule has 0 atom stereocenters. The van der Waals surface area contributed by atoms with E-state index in [1.54, 1.807) is 24.3 Å². The van der Waals surface area contributed by atoms with Crippen LogP contribution in [0.4, 0.5) is 0 Å². The van der Waals surface area contributed by atoms with Gasteiger partial charge in [-0.1, -0.05) is 151 Å². The number of benzene rings is 8. The lowest BCUT2D eigenvalue weighted by Crippen LogP contribution is -1.92. The first kappa shape index (κ1) is 17.4. The molecule has 0 saturated heterocycles. The molecule has 9 aromatic rings. The van der Waals surface area contributed by atoms with Gasteiger partial charge in [0.25, 0.3) is 0 Å². The highest BCUT2D eigenvalue weighted by Gasteiger charge is 2.20. The highest BCUT2D eigenvalue weighted by molar-refractivity contribution is 6.23. The van der Waals surface area contributed by atoms with Crippen molar-refractivity contribution in [2.24, 2.45) is 0 Å². The van der Waals surface area contributed by atoms with E-state index in [0.717, 1.165) is 0 Å². The van der Waals surface area contributed by atoms with Gasteiger partial charge in [0, 0.05) is 10.8 Å². The van der Waals surface area contributed by atoms with Gasteiger partial charge in [-0.25, -0.2) is 0 Å². The summed E-state index contributed by atoms with van der Waals surface area (Å²) >= 11 is 0. The molecular weight excluding hydrogens is 544 g/mol. The van der Waals surface area contributed by atoms with E-state index >= 15 is 0 Å². The Kier molecular flexibility index (Phi) is 4.01.